The van der Waals surface area contributed by atoms with Crippen molar-refractivity contribution < 1.29 is 24.8 Å². The first kappa shape index (κ1) is 18.3. The number of benzene rings is 2. The van der Waals surface area contributed by atoms with Crippen LogP contribution in [0.15, 0.2) is 30.3 Å². The first-order valence-electron chi connectivity index (χ1n) is 7.77. The highest BCUT2D eigenvalue weighted by Crippen LogP contribution is 2.30. The van der Waals surface area contributed by atoms with E-state index in [1.165, 1.54) is 7.11 Å². The maximum atomic E-state index is 10.6. The van der Waals surface area contributed by atoms with Gasteiger partial charge in [-0.25, -0.2) is 0 Å². The Morgan fingerprint density at radius 1 is 0.958 bits per heavy atom. The zero-order valence-corrected chi connectivity index (χ0v) is 14.2. The molecule has 3 N–H and O–H groups in total. The van der Waals surface area contributed by atoms with E-state index in [-0.39, 0.29) is 13.2 Å². The number of hydrogen-bond acceptors (Lipinski definition) is 5. The maximum absolute atomic E-state index is 10.6. The molecule has 0 radical (unpaired) electrons. The summed E-state index contributed by atoms with van der Waals surface area (Å²) in [5.41, 5.74) is 3.70. The SMILES string of the molecule is COc1cc(C[C@@H](O)c2cc(CO)c(CO)c(OC)c2)ccc1C. The highest BCUT2D eigenvalue weighted by molar-refractivity contribution is 5.45. The summed E-state index contributed by atoms with van der Waals surface area (Å²) < 4.78 is 10.6. The standard InChI is InChI=1S/C19H24O5/c1-12-4-5-13(7-18(12)23-2)6-17(22)14-8-15(10-20)16(11-21)19(9-14)24-3/h4-5,7-9,17,20-22H,6,10-11H2,1-3H3/t17-/m1/s1. The van der Waals surface area contributed by atoms with Crippen LogP contribution in [0.2, 0.25) is 0 Å². The molecule has 0 saturated carbocycles. The third-order valence-electron chi connectivity index (χ3n) is 4.16. The number of ether oxygens (including phenoxy) is 2. The minimum Gasteiger partial charge on any atom is -0.496 e. The van der Waals surface area contributed by atoms with Gasteiger partial charge in [0.15, 0.2) is 0 Å². The number of methoxy groups -OCH3 is 2. The second-order valence-electron chi connectivity index (χ2n) is 5.70. The van der Waals surface area contributed by atoms with Crippen molar-refractivity contribution in [3.05, 3.63) is 58.1 Å². The molecule has 0 saturated heterocycles. The van der Waals surface area contributed by atoms with Crippen LogP contribution in [0.1, 0.15) is 33.9 Å². The van der Waals surface area contributed by atoms with Crippen molar-refractivity contribution >= 4 is 0 Å². The molecule has 1 atom stereocenters. The molecule has 2 aromatic carbocycles. The maximum Gasteiger partial charge on any atom is 0.125 e. The molecule has 130 valence electrons. The monoisotopic (exact) mass is 332 g/mol. The van der Waals surface area contributed by atoms with Gasteiger partial charge in [-0.15, -0.1) is 0 Å². The lowest BCUT2D eigenvalue weighted by molar-refractivity contribution is 0.177. The van der Waals surface area contributed by atoms with Crippen LogP contribution in [0.4, 0.5) is 0 Å². The number of aliphatic hydroxyl groups excluding tert-OH is 3. The molecule has 0 bridgehead atoms. The van der Waals surface area contributed by atoms with Gasteiger partial charge in [-0.05, 0) is 41.3 Å². The molecule has 0 fully saturated rings. The minimum atomic E-state index is -0.760. The summed E-state index contributed by atoms with van der Waals surface area (Å²) in [4.78, 5) is 0. The summed E-state index contributed by atoms with van der Waals surface area (Å²) in [6.45, 7) is 1.50. The molecule has 0 aliphatic heterocycles. The largest absolute Gasteiger partial charge is 0.496 e. The number of aliphatic hydroxyl groups is 3. The molecular weight excluding hydrogens is 308 g/mol. The molecule has 0 aromatic heterocycles. The van der Waals surface area contributed by atoms with Crippen LogP contribution in [-0.4, -0.2) is 29.5 Å². The number of rotatable bonds is 7. The second-order valence-corrected chi connectivity index (χ2v) is 5.70. The van der Waals surface area contributed by atoms with E-state index in [4.69, 9.17) is 9.47 Å². The molecule has 5 heteroatoms. The van der Waals surface area contributed by atoms with Gasteiger partial charge in [0.05, 0.1) is 33.5 Å². The summed E-state index contributed by atoms with van der Waals surface area (Å²) in [5.74, 6) is 1.24. The zero-order valence-electron chi connectivity index (χ0n) is 14.2. The van der Waals surface area contributed by atoms with Crippen molar-refractivity contribution in [2.24, 2.45) is 0 Å². The van der Waals surface area contributed by atoms with Crippen LogP contribution >= 0.6 is 0 Å². The van der Waals surface area contributed by atoms with Gasteiger partial charge in [-0.2, -0.15) is 0 Å². The van der Waals surface area contributed by atoms with Crippen molar-refractivity contribution in [1.29, 1.82) is 0 Å². The summed E-state index contributed by atoms with van der Waals surface area (Å²) in [5, 5.41) is 29.5. The highest BCUT2D eigenvalue weighted by Gasteiger charge is 2.16. The van der Waals surface area contributed by atoms with E-state index in [2.05, 4.69) is 0 Å². The number of aryl methyl sites for hydroxylation is 1. The highest BCUT2D eigenvalue weighted by atomic mass is 16.5. The van der Waals surface area contributed by atoms with E-state index >= 15 is 0 Å². The van der Waals surface area contributed by atoms with E-state index in [1.54, 1.807) is 19.2 Å². The molecule has 0 aliphatic rings. The first-order valence-corrected chi connectivity index (χ1v) is 7.77. The van der Waals surface area contributed by atoms with Gasteiger partial charge < -0.3 is 24.8 Å². The summed E-state index contributed by atoms with van der Waals surface area (Å²) in [6.07, 6.45) is -0.354. The van der Waals surface area contributed by atoms with Crippen molar-refractivity contribution in [3.63, 3.8) is 0 Å². The van der Waals surface area contributed by atoms with Gasteiger partial charge in [0.25, 0.3) is 0 Å². The summed E-state index contributed by atoms with van der Waals surface area (Å²) in [7, 11) is 3.12. The Kier molecular flexibility index (Phi) is 6.20. The van der Waals surface area contributed by atoms with E-state index in [1.807, 2.05) is 25.1 Å². The van der Waals surface area contributed by atoms with Crippen LogP contribution < -0.4 is 9.47 Å². The molecule has 0 spiro atoms. The van der Waals surface area contributed by atoms with Crippen LogP contribution in [0, 0.1) is 6.92 Å². The third-order valence-corrected chi connectivity index (χ3v) is 4.16. The molecule has 0 unspecified atom stereocenters. The van der Waals surface area contributed by atoms with E-state index in [0.717, 1.165) is 16.9 Å². The molecule has 24 heavy (non-hydrogen) atoms. The Morgan fingerprint density at radius 2 is 1.67 bits per heavy atom. The third kappa shape index (κ3) is 3.87. The molecular formula is C19H24O5. The molecule has 5 nitrogen and oxygen atoms in total. The average Bonchev–Trinajstić information content (AvgIpc) is 2.61. The van der Waals surface area contributed by atoms with E-state index in [0.29, 0.717) is 28.9 Å². The lowest BCUT2D eigenvalue weighted by Gasteiger charge is -2.17. The van der Waals surface area contributed by atoms with E-state index in [9.17, 15) is 15.3 Å². The normalized spacial score (nSPS) is 12.1. The first-order chi connectivity index (χ1) is 11.5. The van der Waals surface area contributed by atoms with Gasteiger partial charge >= 0.3 is 0 Å². The van der Waals surface area contributed by atoms with Gasteiger partial charge in [0.2, 0.25) is 0 Å². The molecule has 2 aromatic rings. The molecule has 0 heterocycles. The fourth-order valence-corrected chi connectivity index (χ4v) is 2.75. The van der Waals surface area contributed by atoms with Crippen LogP contribution in [-0.2, 0) is 19.6 Å². The van der Waals surface area contributed by atoms with Gasteiger partial charge in [0, 0.05) is 12.0 Å². The molecule has 0 aliphatic carbocycles. The zero-order chi connectivity index (χ0) is 17.7. The van der Waals surface area contributed by atoms with Crippen LogP contribution in [0.3, 0.4) is 0 Å². The lowest BCUT2D eigenvalue weighted by Crippen LogP contribution is -2.06. The predicted octanol–water partition coefficient (Wildman–Crippen LogP) is 2.27. The Bertz CT molecular complexity index is 671. The summed E-state index contributed by atoms with van der Waals surface area (Å²) in [6, 6.07) is 9.21. The van der Waals surface area contributed by atoms with Gasteiger partial charge in [-0.1, -0.05) is 18.2 Å². The van der Waals surface area contributed by atoms with Crippen molar-refractivity contribution in [3.8, 4) is 11.5 Å². The summed E-state index contributed by atoms with van der Waals surface area (Å²) >= 11 is 0. The topological polar surface area (TPSA) is 79.2 Å². The van der Waals surface area contributed by atoms with E-state index < -0.39 is 6.10 Å². The smallest absolute Gasteiger partial charge is 0.125 e. The minimum absolute atomic E-state index is 0.231. The van der Waals surface area contributed by atoms with Crippen molar-refractivity contribution in [1.82, 2.24) is 0 Å². The van der Waals surface area contributed by atoms with Crippen molar-refractivity contribution in [2.45, 2.75) is 32.7 Å². The average molecular weight is 332 g/mol. The predicted molar refractivity (Wildman–Crippen MR) is 91.2 cm³/mol. The van der Waals surface area contributed by atoms with Crippen LogP contribution in [0.25, 0.3) is 0 Å². The lowest BCUT2D eigenvalue weighted by atomic mass is 9.96. The Labute approximate surface area is 142 Å². The second kappa shape index (κ2) is 8.15. The molecule has 0 amide bonds. The van der Waals surface area contributed by atoms with Gasteiger partial charge in [-0.3, -0.25) is 0 Å². The van der Waals surface area contributed by atoms with Crippen LogP contribution in [0.5, 0.6) is 11.5 Å². The Hall–Kier alpha value is -2.08. The Balaban J connectivity index is 2.31. The number of hydrogen-bond donors (Lipinski definition) is 3. The quantitative estimate of drug-likeness (QED) is 0.725. The Morgan fingerprint density at radius 3 is 2.25 bits per heavy atom. The van der Waals surface area contributed by atoms with Crippen molar-refractivity contribution in [2.75, 3.05) is 14.2 Å². The fraction of sp³-hybridized carbons (Fsp3) is 0.368. The molecule has 2 rings (SSSR count). The fourth-order valence-electron chi connectivity index (χ4n) is 2.75. The van der Waals surface area contributed by atoms with Gasteiger partial charge in [0.1, 0.15) is 11.5 Å².